The van der Waals surface area contributed by atoms with Crippen LogP contribution in [0.25, 0.3) is 11.1 Å². The summed E-state index contributed by atoms with van der Waals surface area (Å²) in [6.45, 7) is 1.63. The molecule has 4 rings (SSSR count). The van der Waals surface area contributed by atoms with E-state index in [2.05, 4.69) is 10.6 Å². The zero-order valence-electron chi connectivity index (χ0n) is 16.3. The average Bonchev–Trinajstić information content (AvgIpc) is 2.74. The van der Waals surface area contributed by atoms with Crippen LogP contribution in [0.4, 0.5) is 24.5 Å². The van der Waals surface area contributed by atoms with Crippen molar-refractivity contribution in [3.63, 3.8) is 0 Å². The van der Waals surface area contributed by atoms with Gasteiger partial charge in [0.15, 0.2) is 6.10 Å². The van der Waals surface area contributed by atoms with Gasteiger partial charge in [-0.1, -0.05) is 30.3 Å². The zero-order chi connectivity index (χ0) is 22.2. The predicted molar refractivity (Wildman–Crippen MR) is 110 cm³/mol. The molecule has 1 aliphatic rings. The summed E-state index contributed by atoms with van der Waals surface area (Å²) in [7, 11) is 0. The number of fused-ring (bicyclic) bond motifs is 1. The van der Waals surface area contributed by atoms with Crippen molar-refractivity contribution in [2.24, 2.45) is 0 Å². The molecule has 8 heteroatoms. The fourth-order valence-corrected chi connectivity index (χ4v) is 3.26. The van der Waals surface area contributed by atoms with Crippen LogP contribution in [0, 0.1) is 0 Å². The van der Waals surface area contributed by atoms with Crippen LogP contribution in [-0.2, 0) is 11.0 Å². The van der Waals surface area contributed by atoms with E-state index < -0.39 is 23.8 Å². The van der Waals surface area contributed by atoms with Gasteiger partial charge in [0.1, 0.15) is 5.75 Å². The first-order valence-electron chi connectivity index (χ1n) is 9.42. The first-order valence-corrected chi connectivity index (χ1v) is 9.42. The maximum absolute atomic E-state index is 12.9. The summed E-state index contributed by atoms with van der Waals surface area (Å²) in [6.07, 6.45) is -5.04. The van der Waals surface area contributed by atoms with E-state index in [9.17, 15) is 22.8 Å². The Labute approximate surface area is 175 Å². The monoisotopic (exact) mass is 426 g/mol. The van der Waals surface area contributed by atoms with Crippen molar-refractivity contribution in [1.82, 2.24) is 0 Å². The highest BCUT2D eigenvalue weighted by Gasteiger charge is 2.30. The highest BCUT2D eigenvalue weighted by Crippen LogP contribution is 2.34. The van der Waals surface area contributed by atoms with Crippen LogP contribution in [0.5, 0.6) is 5.75 Å². The number of nitrogens with one attached hydrogen (secondary N) is 2. The molecule has 0 aromatic heterocycles. The van der Waals surface area contributed by atoms with Gasteiger partial charge in [0, 0.05) is 11.3 Å². The summed E-state index contributed by atoms with van der Waals surface area (Å²) >= 11 is 0. The molecule has 3 aromatic carbocycles. The molecule has 3 aromatic rings. The van der Waals surface area contributed by atoms with Crippen LogP contribution in [-0.4, -0.2) is 17.9 Å². The molecule has 1 aliphatic heterocycles. The number of benzene rings is 3. The summed E-state index contributed by atoms with van der Waals surface area (Å²) in [5.74, 6) is -0.231. The van der Waals surface area contributed by atoms with Gasteiger partial charge in [0.05, 0.1) is 11.3 Å². The van der Waals surface area contributed by atoms with Crippen molar-refractivity contribution < 1.29 is 27.5 Å². The number of ether oxygens (including phenoxy) is 1. The maximum atomic E-state index is 12.9. The standard InChI is InChI=1S/C23H17F3N2O3/c1-13-21(29)28-19-12-16(10-11-20(19)31-13)27-22(30)18-5-3-2-4-17(18)14-6-8-15(9-7-14)23(24,25)26/h2-13H,1H3,(H,27,30)(H,28,29). The molecular weight excluding hydrogens is 409 g/mol. The van der Waals surface area contributed by atoms with Gasteiger partial charge in [0.2, 0.25) is 0 Å². The molecule has 0 spiro atoms. The van der Waals surface area contributed by atoms with Gasteiger partial charge in [-0.3, -0.25) is 9.59 Å². The van der Waals surface area contributed by atoms with Gasteiger partial charge in [0.25, 0.3) is 11.8 Å². The normalized spacial score (nSPS) is 15.5. The van der Waals surface area contributed by atoms with Crippen molar-refractivity contribution in [2.45, 2.75) is 19.2 Å². The molecule has 1 unspecified atom stereocenters. The van der Waals surface area contributed by atoms with Crippen LogP contribution in [0.1, 0.15) is 22.8 Å². The maximum Gasteiger partial charge on any atom is 0.416 e. The molecule has 5 nitrogen and oxygen atoms in total. The van der Waals surface area contributed by atoms with Crippen LogP contribution >= 0.6 is 0 Å². The van der Waals surface area contributed by atoms with Gasteiger partial charge < -0.3 is 15.4 Å². The van der Waals surface area contributed by atoms with Crippen LogP contribution in [0.15, 0.2) is 66.7 Å². The Kier molecular flexibility index (Phi) is 5.14. The van der Waals surface area contributed by atoms with Crippen LogP contribution in [0.2, 0.25) is 0 Å². The first kappa shape index (κ1) is 20.5. The molecule has 0 bridgehead atoms. The van der Waals surface area contributed by atoms with Crippen molar-refractivity contribution >= 4 is 23.2 Å². The van der Waals surface area contributed by atoms with Gasteiger partial charge in [-0.15, -0.1) is 0 Å². The first-order chi connectivity index (χ1) is 14.7. The van der Waals surface area contributed by atoms with Crippen LogP contribution < -0.4 is 15.4 Å². The number of carbonyl (C=O) groups excluding carboxylic acids is 2. The summed E-state index contributed by atoms with van der Waals surface area (Å²) in [5.41, 5.74) is 1.40. The fraction of sp³-hybridized carbons (Fsp3) is 0.130. The van der Waals surface area contributed by atoms with E-state index in [0.717, 1.165) is 12.1 Å². The van der Waals surface area contributed by atoms with E-state index in [-0.39, 0.29) is 5.91 Å². The number of halogens is 3. The second-order valence-corrected chi connectivity index (χ2v) is 7.04. The SMILES string of the molecule is CC1Oc2ccc(NC(=O)c3ccccc3-c3ccc(C(F)(F)F)cc3)cc2NC1=O. The zero-order valence-corrected chi connectivity index (χ0v) is 16.3. The third-order valence-electron chi connectivity index (χ3n) is 4.86. The number of rotatable bonds is 3. The summed E-state index contributed by atoms with van der Waals surface area (Å²) in [5, 5.41) is 5.46. The highest BCUT2D eigenvalue weighted by molar-refractivity contribution is 6.09. The van der Waals surface area contributed by atoms with Gasteiger partial charge in [-0.05, 0) is 54.4 Å². The molecule has 0 fully saturated rings. The highest BCUT2D eigenvalue weighted by atomic mass is 19.4. The van der Waals surface area contributed by atoms with Crippen molar-refractivity contribution in [2.75, 3.05) is 10.6 Å². The molecule has 1 heterocycles. The summed E-state index contributed by atoms with van der Waals surface area (Å²) in [6, 6.07) is 16.1. The Balaban J connectivity index is 1.59. The van der Waals surface area contributed by atoms with Gasteiger partial charge in [-0.2, -0.15) is 13.2 Å². The van der Waals surface area contributed by atoms with Crippen LogP contribution in [0.3, 0.4) is 0 Å². The fourth-order valence-electron chi connectivity index (χ4n) is 3.26. The second-order valence-electron chi connectivity index (χ2n) is 7.04. The number of hydrogen-bond acceptors (Lipinski definition) is 3. The van der Waals surface area contributed by atoms with E-state index in [0.29, 0.717) is 33.8 Å². The Hall–Kier alpha value is -3.81. The number of anilines is 2. The molecule has 0 radical (unpaired) electrons. The molecular formula is C23H17F3N2O3. The van der Waals surface area contributed by atoms with Crippen molar-refractivity contribution in [1.29, 1.82) is 0 Å². The topological polar surface area (TPSA) is 67.4 Å². The number of alkyl halides is 3. The van der Waals surface area contributed by atoms with Crippen molar-refractivity contribution in [3.05, 3.63) is 77.9 Å². The predicted octanol–water partition coefficient (Wildman–Crippen LogP) is 5.34. The molecule has 0 saturated heterocycles. The Morgan fingerprint density at radius 1 is 1.03 bits per heavy atom. The van der Waals surface area contributed by atoms with E-state index in [4.69, 9.17) is 4.74 Å². The van der Waals surface area contributed by atoms with E-state index >= 15 is 0 Å². The van der Waals surface area contributed by atoms with Gasteiger partial charge >= 0.3 is 6.18 Å². The minimum absolute atomic E-state index is 0.288. The second kappa shape index (κ2) is 7.79. The lowest BCUT2D eigenvalue weighted by molar-refractivity contribution is -0.137. The number of amides is 2. The Morgan fingerprint density at radius 3 is 2.45 bits per heavy atom. The molecule has 2 N–H and O–H groups in total. The molecule has 0 saturated carbocycles. The molecule has 2 amide bonds. The third-order valence-corrected chi connectivity index (χ3v) is 4.86. The molecule has 31 heavy (non-hydrogen) atoms. The lowest BCUT2D eigenvalue weighted by atomic mass is 9.98. The average molecular weight is 426 g/mol. The van der Waals surface area contributed by atoms with E-state index in [1.807, 2.05) is 0 Å². The minimum atomic E-state index is -4.43. The van der Waals surface area contributed by atoms with E-state index in [1.54, 1.807) is 49.4 Å². The molecule has 1 atom stereocenters. The largest absolute Gasteiger partial charge is 0.479 e. The quantitative estimate of drug-likeness (QED) is 0.594. The molecule has 158 valence electrons. The summed E-state index contributed by atoms with van der Waals surface area (Å²) in [4.78, 5) is 24.7. The smallest absolute Gasteiger partial charge is 0.416 e. The lowest BCUT2D eigenvalue weighted by Gasteiger charge is -2.23. The number of carbonyl (C=O) groups is 2. The third kappa shape index (κ3) is 4.23. The Bertz CT molecular complexity index is 1160. The lowest BCUT2D eigenvalue weighted by Crippen LogP contribution is -2.34. The Morgan fingerprint density at radius 2 is 1.74 bits per heavy atom. The summed E-state index contributed by atoms with van der Waals surface area (Å²) < 4.78 is 44.0. The number of hydrogen-bond donors (Lipinski definition) is 2. The minimum Gasteiger partial charge on any atom is -0.479 e. The van der Waals surface area contributed by atoms with Crippen molar-refractivity contribution in [3.8, 4) is 16.9 Å². The van der Waals surface area contributed by atoms with E-state index in [1.165, 1.54) is 12.1 Å². The van der Waals surface area contributed by atoms with Gasteiger partial charge in [-0.25, -0.2) is 0 Å². The molecule has 0 aliphatic carbocycles.